The third kappa shape index (κ3) is 7.98. The van der Waals surface area contributed by atoms with Gasteiger partial charge in [-0.05, 0) is 31.3 Å². The third-order valence-electron chi connectivity index (χ3n) is 2.19. The van der Waals surface area contributed by atoms with E-state index in [1.807, 2.05) is 6.92 Å². The molecule has 5 nitrogen and oxygen atoms in total. The highest BCUT2D eigenvalue weighted by Gasteiger charge is 2.06. The molecule has 1 aromatic rings. The maximum atomic E-state index is 12.0. The number of hydrazone groups is 1. The standard InChI is InChI=1S/C12H17F2N3O2S2/c1-8(6-18-2)16-12(20)17-15-5-9-3-4-10(19-9)7-21-11(13)14/h3-5,8,11H,6-7H2,1-2H3,(H2,16,17,20)/b15-5-/t8-/m1/s1. The minimum Gasteiger partial charge on any atom is -0.459 e. The lowest BCUT2D eigenvalue weighted by molar-refractivity contribution is 0.179. The quantitative estimate of drug-likeness (QED) is 0.432. The number of thiocarbonyl (C=S) groups is 1. The second-order valence-electron chi connectivity index (χ2n) is 4.08. The molecule has 0 aliphatic heterocycles. The summed E-state index contributed by atoms with van der Waals surface area (Å²) < 4.78 is 34.3. The number of nitrogens with one attached hydrogen (secondary N) is 2. The Hall–Kier alpha value is -1.19. The Labute approximate surface area is 131 Å². The van der Waals surface area contributed by atoms with E-state index in [1.165, 1.54) is 6.21 Å². The van der Waals surface area contributed by atoms with Crippen molar-refractivity contribution in [2.24, 2.45) is 5.10 Å². The largest absolute Gasteiger partial charge is 0.459 e. The van der Waals surface area contributed by atoms with Crippen LogP contribution in [-0.2, 0) is 10.5 Å². The molecule has 0 fully saturated rings. The van der Waals surface area contributed by atoms with Gasteiger partial charge in [0.05, 0.1) is 18.6 Å². The molecule has 1 aromatic heterocycles. The van der Waals surface area contributed by atoms with Crippen molar-refractivity contribution >= 4 is 35.3 Å². The van der Waals surface area contributed by atoms with Gasteiger partial charge in [0.2, 0.25) is 0 Å². The summed E-state index contributed by atoms with van der Waals surface area (Å²) in [6, 6.07) is 3.34. The lowest BCUT2D eigenvalue weighted by Gasteiger charge is -2.13. The molecule has 0 unspecified atom stereocenters. The van der Waals surface area contributed by atoms with E-state index < -0.39 is 5.76 Å². The summed E-state index contributed by atoms with van der Waals surface area (Å²) in [5.74, 6) is -1.37. The Balaban J connectivity index is 2.34. The summed E-state index contributed by atoms with van der Waals surface area (Å²) in [5, 5.41) is 7.22. The van der Waals surface area contributed by atoms with Gasteiger partial charge in [0, 0.05) is 13.2 Å². The zero-order chi connectivity index (χ0) is 15.7. The lowest BCUT2D eigenvalue weighted by Crippen LogP contribution is -2.40. The topological polar surface area (TPSA) is 58.8 Å². The molecule has 2 N–H and O–H groups in total. The minimum absolute atomic E-state index is 0.0618. The Bertz CT molecular complexity index is 469. The van der Waals surface area contributed by atoms with Gasteiger partial charge in [-0.2, -0.15) is 13.9 Å². The number of nitrogens with zero attached hydrogens (tertiary/aromatic N) is 1. The van der Waals surface area contributed by atoms with Crippen LogP contribution >= 0.6 is 24.0 Å². The predicted octanol–water partition coefficient (Wildman–Crippen LogP) is 2.57. The molecule has 0 bridgehead atoms. The van der Waals surface area contributed by atoms with Crippen molar-refractivity contribution in [3.8, 4) is 0 Å². The SMILES string of the molecule is COC[C@@H](C)NC(=S)N/N=C\c1ccc(CSC(F)F)o1. The highest BCUT2D eigenvalue weighted by atomic mass is 32.2. The monoisotopic (exact) mass is 337 g/mol. The summed E-state index contributed by atoms with van der Waals surface area (Å²) in [4.78, 5) is 0. The molecule has 1 rings (SSSR count). The van der Waals surface area contributed by atoms with E-state index in [2.05, 4.69) is 15.8 Å². The van der Waals surface area contributed by atoms with Gasteiger partial charge >= 0.3 is 0 Å². The number of hydrogen-bond donors (Lipinski definition) is 2. The van der Waals surface area contributed by atoms with Gasteiger partial charge in [-0.25, -0.2) is 0 Å². The average molecular weight is 337 g/mol. The van der Waals surface area contributed by atoms with Crippen LogP contribution in [0.5, 0.6) is 0 Å². The highest BCUT2D eigenvalue weighted by molar-refractivity contribution is 7.98. The van der Waals surface area contributed by atoms with Crippen LogP contribution in [0.4, 0.5) is 8.78 Å². The number of rotatable bonds is 8. The van der Waals surface area contributed by atoms with Crippen molar-refractivity contribution in [1.29, 1.82) is 0 Å². The number of methoxy groups -OCH3 is 1. The van der Waals surface area contributed by atoms with Crippen LogP contribution < -0.4 is 10.7 Å². The van der Waals surface area contributed by atoms with E-state index in [0.717, 1.165) is 0 Å². The number of hydrogen-bond acceptors (Lipinski definition) is 5. The summed E-state index contributed by atoms with van der Waals surface area (Å²) in [6.07, 6.45) is 1.42. The zero-order valence-corrected chi connectivity index (χ0v) is 13.3. The number of thioether (sulfide) groups is 1. The number of ether oxygens (including phenoxy) is 1. The Kier molecular flexibility index (Phi) is 8.24. The molecule has 0 aliphatic rings. The van der Waals surface area contributed by atoms with Crippen LogP contribution in [-0.4, -0.2) is 36.8 Å². The van der Waals surface area contributed by atoms with Crippen molar-refractivity contribution < 1.29 is 17.9 Å². The van der Waals surface area contributed by atoms with Crippen molar-refractivity contribution in [2.45, 2.75) is 24.5 Å². The maximum Gasteiger partial charge on any atom is 0.284 e. The molecular formula is C12H17F2N3O2S2. The van der Waals surface area contributed by atoms with E-state index in [1.54, 1.807) is 19.2 Å². The van der Waals surface area contributed by atoms with Crippen molar-refractivity contribution in [3.63, 3.8) is 0 Å². The van der Waals surface area contributed by atoms with E-state index in [-0.39, 0.29) is 11.8 Å². The molecule has 1 heterocycles. The molecule has 118 valence electrons. The van der Waals surface area contributed by atoms with Gasteiger partial charge < -0.3 is 14.5 Å². The Morgan fingerprint density at radius 1 is 1.57 bits per heavy atom. The van der Waals surface area contributed by atoms with Gasteiger partial charge in [0.15, 0.2) is 5.11 Å². The molecule has 0 saturated heterocycles. The second kappa shape index (κ2) is 9.69. The molecule has 21 heavy (non-hydrogen) atoms. The molecule has 0 spiro atoms. The maximum absolute atomic E-state index is 12.0. The van der Waals surface area contributed by atoms with Gasteiger partial charge in [-0.1, -0.05) is 11.8 Å². The summed E-state index contributed by atoms with van der Waals surface area (Å²) in [6.45, 7) is 2.44. The number of halogens is 2. The fourth-order valence-corrected chi connectivity index (χ4v) is 2.09. The summed E-state index contributed by atoms with van der Waals surface area (Å²) >= 11 is 5.53. The van der Waals surface area contributed by atoms with E-state index in [0.29, 0.717) is 35.0 Å². The molecule has 1 atom stereocenters. The van der Waals surface area contributed by atoms with Crippen LogP contribution in [0, 0.1) is 0 Å². The van der Waals surface area contributed by atoms with E-state index in [9.17, 15) is 8.78 Å². The normalized spacial score (nSPS) is 12.8. The first kappa shape index (κ1) is 17.9. The molecular weight excluding hydrogens is 320 g/mol. The second-order valence-corrected chi connectivity index (χ2v) is 5.46. The Morgan fingerprint density at radius 3 is 3.00 bits per heavy atom. The zero-order valence-electron chi connectivity index (χ0n) is 11.6. The van der Waals surface area contributed by atoms with E-state index >= 15 is 0 Å². The lowest BCUT2D eigenvalue weighted by atomic mass is 10.4. The first-order valence-corrected chi connectivity index (χ1v) is 7.54. The van der Waals surface area contributed by atoms with Crippen LogP contribution in [0.2, 0.25) is 0 Å². The van der Waals surface area contributed by atoms with Crippen LogP contribution in [0.25, 0.3) is 0 Å². The van der Waals surface area contributed by atoms with Crippen molar-refractivity contribution in [2.75, 3.05) is 13.7 Å². The van der Waals surface area contributed by atoms with Crippen LogP contribution in [0.15, 0.2) is 21.7 Å². The fraction of sp³-hybridized carbons (Fsp3) is 0.500. The van der Waals surface area contributed by atoms with Crippen molar-refractivity contribution in [1.82, 2.24) is 10.7 Å². The van der Waals surface area contributed by atoms with Crippen LogP contribution in [0.3, 0.4) is 0 Å². The van der Waals surface area contributed by atoms with Gasteiger partial charge in [0.25, 0.3) is 5.76 Å². The molecule has 9 heteroatoms. The Morgan fingerprint density at radius 2 is 2.33 bits per heavy atom. The first-order chi connectivity index (χ1) is 10.0. The van der Waals surface area contributed by atoms with Gasteiger partial charge in [0.1, 0.15) is 11.5 Å². The van der Waals surface area contributed by atoms with Gasteiger partial charge in [-0.15, -0.1) is 0 Å². The highest BCUT2D eigenvalue weighted by Crippen LogP contribution is 2.20. The smallest absolute Gasteiger partial charge is 0.284 e. The van der Waals surface area contributed by atoms with Gasteiger partial charge in [-0.3, -0.25) is 5.43 Å². The fourth-order valence-electron chi connectivity index (χ4n) is 1.39. The summed E-state index contributed by atoms with van der Waals surface area (Å²) in [5.41, 5.74) is 2.63. The molecule has 0 aliphatic carbocycles. The van der Waals surface area contributed by atoms with E-state index in [4.69, 9.17) is 21.4 Å². The van der Waals surface area contributed by atoms with Crippen LogP contribution in [0.1, 0.15) is 18.4 Å². The molecule has 0 aromatic carbocycles. The number of furan rings is 1. The first-order valence-electron chi connectivity index (χ1n) is 6.08. The van der Waals surface area contributed by atoms with Crippen molar-refractivity contribution in [3.05, 3.63) is 23.7 Å². The molecule has 0 saturated carbocycles. The third-order valence-corrected chi connectivity index (χ3v) is 3.10. The molecule has 0 radical (unpaired) electrons. The number of alkyl halides is 2. The minimum atomic E-state index is -2.41. The summed E-state index contributed by atoms with van der Waals surface area (Å²) in [7, 11) is 1.60. The predicted molar refractivity (Wildman–Crippen MR) is 83.8 cm³/mol. The average Bonchev–Trinajstić information content (AvgIpc) is 2.84. The molecule has 0 amide bonds.